The SMILES string of the molecule is CCCCCCC(C)Oc1cccc(SCC)c1C(=N)N. The minimum atomic E-state index is 0.0831. The Kier molecular flexibility index (Phi) is 8.28. The molecular formula is C17H28N2OS. The van der Waals surface area contributed by atoms with Crippen molar-refractivity contribution in [3.05, 3.63) is 23.8 Å². The van der Waals surface area contributed by atoms with E-state index in [9.17, 15) is 0 Å². The highest BCUT2D eigenvalue weighted by Crippen LogP contribution is 2.30. The first kappa shape index (κ1) is 17.9. The summed E-state index contributed by atoms with van der Waals surface area (Å²) >= 11 is 1.70. The number of amidine groups is 1. The number of nitrogen functional groups attached to an aromatic ring is 1. The van der Waals surface area contributed by atoms with E-state index in [4.69, 9.17) is 15.9 Å². The molecule has 1 aromatic carbocycles. The van der Waals surface area contributed by atoms with Crippen molar-refractivity contribution < 1.29 is 4.74 Å². The smallest absolute Gasteiger partial charge is 0.131 e. The fourth-order valence-corrected chi connectivity index (χ4v) is 3.13. The van der Waals surface area contributed by atoms with Gasteiger partial charge >= 0.3 is 0 Å². The van der Waals surface area contributed by atoms with Crippen LogP contribution < -0.4 is 10.5 Å². The Labute approximate surface area is 133 Å². The van der Waals surface area contributed by atoms with Gasteiger partial charge in [0.05, 0.1) is 11.7 Å². The summed E-state index contributed by atoms with van der Waals surface area (Å²) in [6, 6.07) is 5.90. The molecule has 0 heterocycles. The zero-order valence-corrected chi connectivity index (χ0v) is 14.3. The van der Waals surface area contributed by atoms with E-state index in [2.05, 4.69) is 20.8 Å². The van der Waals surface area contributed by atoms with Crippen LogP contribution in [0.1, 0.15) is 58.4 Å². The van der Waals surface area contributed by atoms with Crippen molar-refractivity contribution in [1.29, 1.82) is 5.41 Å². The van der Waals surface area contributed by atoms with Gasteiger partial charge in [0.2, 0.25) is 0 Å². The first-order valence-corrected chi connectivity index (χ1v) is 8.85. The maximum atomic E-state index is 7.82. The minimum Gasteiger partial charge on any atom is -0.490 e. The second-order valence-corrected chi connectivity index (χ2v) is 6.56. The lowest BCUT2D eigenvalue weighted by Gasteiger charge is -2.19. The topological polar surface area (TPSA) is 59.1 Å². The number of benzene rings is 1. The van der Waals surface area contributed by atoms with E-state index in [-0.39, 0.29) is 11.9 Å². The molecule has 0 saturated heterocycles. The van der Waals surface area contributed by atoms with Gasteiger partial charge in [0.1, 0.15) is 11.6 Å². The molecule has 0 spiro atoms. The van der Waals surface area contributed by atoms with E-state index in [1.807, 2.05) is 18.2 Å². The van der Waals surface area contributed by atoms with E-state index < -0.39 is 0 Å². The van der Waals surface area contributed by atoms with Gasteiger partial charge in [0, 0.05) is 4.90 Å². The minimum absolute atomic E-state index is 0.0831. The molecule has 3 N–H and O–H groups in total. The number of unbranched alkanes of at least 4 members (excludes halogenated alkanes) is 3. The van der Waals surface area contributed by atoms with Crippen LogP contribution in [0, 0.1) is 5.41 Å². The van der Waals surface area contributed by atoms with Crippen molar-refractivity contribution >= 4 is 17.6 Å². The number of hydrogen-bond donors (Lipinski definition) is 2. The van der Waals surface area contributed by atoms with E-state index >= 15 is 0 Å². The standard InChI is InChI=1S/C17H28N2OS/c1-4-6-7-8-10-13(3)20-14-11-9-12-15(21-5-2)16(14)17(18)19/h9,11-13H,4-8,10H2,1-3H3,(H3,18,19). The predicted molar refractivity (Wildman–Crippen MR) is 92.7 cm³/mol. The van der Waals surface area contributed by atoms with Gasteiger partial charge in [-0.1, -0.05) is 39.2 Å². The molecule has 0 aliphatic rings. The highest BCUT2D eigenvalue weighted by molar-refractivity contribution is 7.99. The molecule has 0 fully saturated rings. The Morgan fingerprint density at radius 1 is 1.29 bits per heavy atom. The molecule has 3 nitrogen and oxygen atoms in total. The molecule has 0 aliphatic carbocycles. The zero-order chi connectivity index (χ0) is 15.7. The number of ether oxygens (including phenoxy) is 1. The van der Waals surface area contributed by atoms with E-state index in [1.54, 1.807) is 11.8 Å². The first-order valence-electron chi connectivity index (χ1n) is 7.87. The Morgan fingerprint density at radius 3 is 2.67 bits per heavy atom. The van der Waals surface area contributed by atoms with Crippen LogP contribution in [0.15, 0.2) is 23.1 Å². The predicted octanol–water partition coefficient (Wildman–Crippen LogP) is 4.82. The molecule has 0 radical (unpaired) electrons. The van der Waals surface area contributed by atoms with Gasteiger partial charge in [-0.05, 0) is 37.7 Å². The van der Waals surface area contributed by atoms with Gasteiger partial charge in [-0.3, -0.25) is 5.41 Å². The molecule has 4 heteroatoms. The number of rotatable bonds is 10. The van der Waals surface area contributed by atoms with Gasteiger partial charge in [0.15, 0.2) is 0 Å². The molecule has 0 amide bonds. The van der Waals surface area contributed by atoms with Crippen LogP contribution >= 0.6 is 11.8 Å². The molecule has 0 aromatic heterocycles. The van der Waals surface area contributed by atoms with E-state index in [0.717, 1.165) is 28.4 Å². The lowest BCUT2D eigenvalue weighted by molar-refractivity contribution is 0.205. The summed E-state index contributed by atoms with van der Waals surface area (Å²) in [5.41, 5.74) is 6.49. The van der Waals surface area contributed by atoms with Gasteiger partial charge in [-0.15, -0.1) is 11.8 Å². The van der Waals surface area contributed by atoms with Crippen molar-refractivity contribution in [2.45, 2.75) is 63.9 Å². The highest BCUT2D eigenvalue weighted by atomic mass is 32.2. The molecule has 21 heavy (non-hydrogen) atoms. The molecule has 1 rings (SSSR count). The Hall–Kier alpha value is -1.16. The molecule has 1 atom stereocenters. The quantitative estimate of drug-likeness (QED) is 0.282. The molecular weight excluding hydrogens is 280 g/mol. The summed E-state index contributed by atoms with van der Waals surface area (Å²) < 4.78 is 6.04. The molecule has 0 saturated carbocycles. The first-order chi connectivity index (χ1) is 10.1. The summed E-state index contributed by atoms with van der Waals surface area (Å²) in [5.74, 6) is 1.78. The normalized spacial score (nSPS) is 12.1. The van der Waals surface area contributed by atoms with Crippen LogP contribution in [0.3, 0.4) is 0 Å². The van der Waals surface area contributed by atoms with Crippen LogP contribution in [-0.4, -0.2) is 17.7 Å². The highest BCUT2D eigenvalue weighted by Gasteiger charge is 2.14. The van der Waals surface area contributed by atoms with Gasteiger partial charge in [0.25, 0.3) is 0 Å². The summed E-state index contributed by atoms with van der Waals surface area (Å²) in [7, 11) is 0. The summed E-state index contributed by atoms with van der Waals surface area (Å²) in [4.78, 5) is 1.03. The summed E-state index contributed by atoms with van der Waals surface area (Å²) in [6.07, 6.45) is 6.18. The van der Waals surface area contributed by atoms with Gasteiger partial charge in [-0.25, -0.2) is 0 Å². The van der Waals surface area contributed by atoms with Crippen LogP contribution in [0.4, 0.5) is 0 Å². The maximum absolute atomic E-state index is 7.82. The van der Waals surface area contributed by atoms with Gasteiger partial charge < -0.3 is 10.5 Å². The Bertz CT molecular complexity index is 448. The lowest BCUT2D eigenvalue weighted by Crippen LogP contribution is -2.18. The Balaban J connectivity index is 2.73. The monoisotopic (exact) mass is 308 g/mol. The van der Waals surface area contributed by atoms with E-state index in [0.29, 0.717) is 0 Å². The Morgan fingerprint density at radius 2 is 2.05 bits per heavy atom. The number of nitrogens with one attached hydrogen (secondary N) is 1. The summed E-state index contributed by atoms with van der Waals surface area (Å²) in [6.45, 7) is 6.41. The molecule has 1 aromatic rings. The average Bonchev–Trinajstić information content (AvgIpc) is 2.44. The fourth-order valence-electron chi connectivity index (χ4n) is 2.28. The third kappa shape index (κ3) is 6.00. The van der Waals surface area contributed by atoms with Crippen LogP contribution in [0.25, 0.3) is 0 Å². The molecule has 118 valence electrons. The number of nitrogens with two attached hydrogens (primary N) is 1. The van der Waals surface area contributed by atoms with Gasteiger partial charge in [-0.2, -0.15) is 0 Å². The third-order valence-corrected chi connectivity index (χ3v) is 4.29. The van der Waals surface area contributed by atoms with Crippen molar-refractivity contribution in [3.63, 3.8) is 0 Å². The number of hydrogen-bond acceptors (Lipinski definition) is 3. The van der Waals surface area contributed by atoms with Crippen molar-refractivity contribution in [2.24, 2.45) is 5.73 Å². The second-order valence-electron chi connectivity index (χ2n) is 5.25. The lowest BCUT2D eigenvalue weighted by atomic mass is 10.1. The van der Waals surface area contributed by atoms with Crippen LogP contribution in [0.2, 0.25) is 0 Å². The molecule has 1 unspecified atom stereocenters. The van der Waals surface area contributed by atoms with Crippen molar-refractivity contribution in [1.82, 2.24) is 0 Å². The molecule has 0 aliphatic heterocycles. The third-order valence-electron chi connectivity index (χ3n) is 3.35. The maximum Gasteiger partial charge on any atom is 0.131 e. The summed E-state index contributed by atoms with van der Waals surface area (Å²) in [5, 5.41) is 7.82. The zero-order valence-electron chi connectivity index (χ0n) is 13.4. The van der Waals surface area contributed by atoms with Crippen molar-refractivity contribution in [3.8, 4) is 5.75 Å². The van der Waals surface area contributed by atoms with Crippen molar-refractivity contribution in [2.75, 3.05) is 5.75 Å². The van der Waals surface area contributed by atoms with E-state index in [1.165, 1.54) is 25.7 Å². The van der Waals surface area contributed by atoms with Crippen LogP contribution in [0.5, 0.6) is 5.75 Å². The van der Waals surface area contributed by atoms with Crippen LogP contribution in [-0.2, 0) is 0 Å². The largest absolute Gasteiger partial charge is 0.490 e. The fraction of sp³-hybridized carbons (Fsp3) is 0.588. The molecule has 0 bridgehead atoms. The second kappa shape index (κ2) is 9.72. The average molecular weight is 308 g/mol. The number of thioether (sulfide) groups is 1.